The zero-order chi connectivity index (χ0) is 16.6. The maximum Gasteiger partial charge on any atom is 0.280 e. The fraction of sp³-hybridized carbons (Fsp3) is 0.571. The van der Waals surface area contributed by atoms with Crippen LogP contribution in [-0.2, 0) is 9.53 Å². The Labute approximate surface area is 132 Å². The summed E-state index contributed by atoms with van der Waals surface area (Å²) < 4.78 is 7.53. The van der Waals surface area contributed by atoms with E-state index in [2.05, 4.69) is 20.3 Å². The van der Waals surface area contributed by atoms with Crippen LogP contribution in [0.3, 0.4) is 0 Å². The normalized spacial score (nSPS) is 21.2. The molecule has 124 valence electrons. The summed E-state index contributed by atoms with van der Waals surface area (Å²) >= 11 is 0. The number of aromatic amines is 1. The molecule has 2 atom stereocenters. The quantitative estimate of drug-likeness (QED) is 0.746. The number of nitrogens with zero attached hydrogens (tertiary/aromatic N) is 3. The minimum absolute atomic E-state index is 0.000407. The van der Waals surface area contributed by atoms with Crippen molar-refractivity contribution in [2.75, 3.05) is 11.9 Å². The van der Waals surface area contributed by atoms with Crippen LogP contribution in [0.15, 0.2) is 11.1 Å². The van der Waals surface area contributed by atoms with Crippen LogP contribution >= 0.6 is 0 Å². The van der Waals surface area contributed by atoms with E-state index < -0.39 is 5.56 Å². The minimum Gasteiger partial charge on any atom is -0.353 e. The second kappa shape index (κ2) is 6.09. The van der Waals surface area contributed by atoms with Gasteiger partial charge in [-0.15, -0.1) is 0 Å². The van der Waals surface area contributed by atoms with Crippen molar-refractivity contribution in [3.05, 3.63) is 16.7 Å². The molecule has 3 heterocycles. The van der Waals surface area contributed by atoms with E-state index in [-0.39, 0.29) is 35.6 Å². The highest BCUT2D eigenvalue weighted by atomic mass is 16.5. The minimum atomic E-state index is -0.402. The van der Waals surface area contributed by atoms with Crippen molar-refractivity contribution in [2.45, 2.75) is 39.0 Å². The summed E-state index contributed by atoms with van der Waals surface area (Å²) in [6.07, 6.45) is 2.90. The van der Waals surface area contributed by atoms with Gasteiger partial charge in [0.25, 0.3) is 5.56 Å². The van der Waals surface area contributed by atoms with Gasteiger partial charge in [-0.05, 0) is 12.8 Å². The van der Waals surface area contributed by atoms with Gasteiger partial charge in [0, 0.05) is 12.5 Å². The summed E-state index contributed by atoms with van der Waals surface area (Å²) in [4.78, 5) is 34.8. The molecule has 1 saturated heterocycles. The van der Waals surface area contributed by atoms with Gasteiger partial charge in [-0.1, -0.05) is 13.8 Å². The average molecular weight is 320 g/mol. The number of rotatable bonds is 4. The van der Waals surface area contributed by atoms with Crippen LogP contribution in [0.4, 0.5) is 5.95 Å². The second-order valence-corrected chi connectivity index (χ2v) is 5.91. The monoisotopic (exact) mass is 320 g/mol. The summed E-state index contributed by atoms with van der Waals surface area (Å²) in [6, 6.07) is 0. The SMILES string of the molecule is CC(C)C(=O)Nc1nc2c(ncn2[C@H]2CC[C@@H](CN)O2)c(=O)[nH]1. The molecular weight excluding hydrogens is 300 g/mol. The van der Waals surface area contributed by atoms with Crippen molar-refractivity contribution in [1.82, 2.24) is 19.5 Å². The first-order valence-corrected chi connectivity index (χ1v) is 7.63. The lowest BCUT2D eigenvalue weighted by Crippen LogP contribution is -2.23. The Balaban J connectivity index is 1.96. The summed E-state index contributed by atoms with van der Waals surface area (Å²) in [6.45, 7) is 3.97. The highest BCUT2D eigenvalue weighted by Crippen LogP contribution is 2.29. The molecule has 1 amide bonds. The lowest BCUT2D eigenvalue weighted by atomic mass is 10.2. The molecular formula is C14H20N6O3. The Hall–Kier alpha value is -2.26. The van der Waals surface area contributed by atoms with E-state index in [1.807, 2.05) is 0 Å². The van der Waals surface area contributed by atoms with Crippen LogP contribution in [0.25, 0.3) is 11.2 Å². The molecule has 2 aromatic rings. The second-order valence-electron chi connectivity index (χ2n) is 5.91. The number of nitrogens with one attached hydrogen (secondary N) is 2. The van der Waals surface area contributed by atoms with Crippen molar-refractivity contribution in [2.24, 2.45) is 11.7 Å². The molecule has 23 heavy (non-hydrogen) atoms. The van der Waals surface area contributed by atoms with Gasteiger partial charge in [0.1, 0.15) is 6.23 Å². The molecule has 1 aliphatic heterocycles. The van der Waals surface area contributed by atoms with Crippen LogP contribution in [0.1, 0.15) is 32.9 Å². The Bertz CT molecular complexity index is 780. The van der Waals surface area contributed by atoms with E-state index in [0.29, 0.717) is 12.2 Å². The maximum atomic E-state index is 12.1. The zero-order valence-electron chi connectivity index (χ0n) is 13.1. The van der Waals surface area contributed by atoms with Crippen LogP contribution in [-0.4, -0.2) is 38.1 Å². The Kier molecular flexibility index (Phi) is 4.14. The van der Waals surface area contributed by atoms with E-state index in [1.165, 1.54) is 6.33 Å². The largest absolute Gasteiger partial charge is 0.353 e. The Morgan fingerprint density at radius 2 is 2.35 bits per heavy atom. The first-order valence-electron chi connectivity index (χ1n) is 7.63. The van der Waals surface area contributed by atoms with Crippen LogP contribution in [0, 0.1) is 5.92 Å². The third-order valence-corrected chi connectivity index (χ3v) is 3.86. The van der Waals surface area contributed by atoms with E-state index >= 15 is 0 Å². The maximum absolute atomic E-state index is 12.1. The number of amides is 1. The fourth-order valence-corrected chi connectivity index (χ4v) is 2.52. The number of ether oxygens (including phenoxy) is 1. The zero-order valence-corrected chi connectivity index (χ0v) is 13.1. The summed E-state index contributed by atoms with van der Waals surface area (Å²) in [5, 5.41) is 2.59. The number of hydrogen-bond donors (Lipinski definition) is 3. The molecule has 9 nitrogen and oxygen atoms in total. The van der Waals surface area contributed by atoms with Crippen molar-refractivity contribution >= 4 is 23.0 Å². The number of fused-ring (bicyclic) bond motifs is 1. The fourth-order valence-electron chi connectivity index (χ4n) is 2.52. The topological polar surface area (TPSA) is 128 Å². The van der Waals surface area contributed by atoms with Gasteiger partial charge in [-0.3, -0.25) is 24.5 Å². The number of aromatic nitrogens is 4. The number of H-pyrrole nitrogens is 1. The molecule has 0 radical (unpaired) electrons. The Morgan fingerprint density at radius 1 is 1.57 bits per heavy atom. The molecule has 0 bridgehead atoms. The van der Waals surface area contributed by atoms with E-state index in [0.717, 1.165) is 12.8 Å². The van der Waals surface area contributed by atoms with Gasteiger partial charge in [-0.25, -0.2) is 4.98 Å². The van der Waals surface area contributed by atoms with E-state index in [9.17, 15) is 9.59 Å². The average Bonchev–Trinajstić information content (AvgIpc) is 3.12. The van der Waals surface area contributed by atoms with Crippen LogP contribution in [0.5, 0.6) is 0 Å². The van der Waals surface area contributed by atoms with Crippen LogP contribution in [0.2, 0.25) is 0 Å². The third-order valence-electron chi connectivity index (χ3n) is 3.86. The van der Waals surface area contributed by atoms with E-state index in [1.54, 1.807) is 18.4 Å². The lowest BCUT2D eigenvalue weighted by Gasteiger charge is -2.14. The molecule has 1 fully saturated rings. The molecule has 2 aromatic heterocycles. The molecule has 0 saturated carbocycles. The molecule has 0 unspecified atom stereocenters. The van der Waals surface area contributed by atoms with Crippen molar-refractivity contribution < 1.29 is 9.53 Å². The van der Waals surface area contributed by atoms with Gasteiger partial charge < -0.3 is 10.5 Å². The number of anilines is 1. The highest BCUT2D eigenvalue weighted by Gasteiger charge is 2.27. The number of carbonyl (C=O) groups excluding carboxylic acids is 1. The summed E-state index contributed by atoms with van der Waals surface area (Å²) in [7, 11) is 0. The highest BCUT2D eigenvalue weighted by molar-refractivity contribution is 5.91. The van der Waals surface area contributed by atoms with Gasteiger partial charge in [0.05, 0.1) is 12.4 Å². The van der Waals surface area contributed by atoms with Crippen molar-refractivity contribution in [1.29, 1.82) is 0 Å². The van der Waals surface area contributed by atoms with Crippen LogP contribution < -0.4 is 16.6 Å². The van der Waals surface area contributed by atoms with Gasteiger partial charge >= 0.3 is 0 Å². The Morgan fingerprint density at radius 3 is 3.00 bits per heavy atom. The van der Waals surface area contributed by atoms with E-state index in [4.69, 9.17) is 10.5 Å². The predicted molar refractivity (Wildman–Crippen MR) is 83.8 cm³/mol. The van der Waals surface area contributed by atoms with Gasteiger partial charge in [0.15, 0.2) is 11.2 Å². The predicted octanol–water partition coefficient (Wildman–Crippen LogP) is 0.350. The third kappa shape index (κ3) is 2.97. The molecule has 0 aromatic carbocycles. The molecule has 0 aliphatic carbocycles. The first kappa shape index (κ1) is 15.6. The smallest absolute Gasteiger partial charge is 0.280 e. The molecule has 4 N–H and O–H groups in total. The molecule has 3 rings (SSSR count). The number of carbonyl (C=O) groups is 1. The standard InChI is InChI=1S/C14H20N6O3/c1-7(2)12(21)18-14-17-11-10(13(22)19-14)16-6-20(11)9-4-3-8(5-15)23-9/h6-9H,3-5,15H2,1-2H3,(H2,17,18,19,21,22)/t8-,9+/m0/s1. The van der Waals surface area contributed by atoms with Crippen molar-refractivity contribution in [3.8, 4) is 0 Å². The van der Waals surface area contributed by atoms with Crippen molar-refractivity contribution in [3.63, 3.8) is 0 Å². The molecule has 9 heteroatoms. The number of nitrogens with two attached hydrogens (primary N) is 1. The molecule has 1 aliphatic rings. The lowest BCUT2D eigenvalue weighted by molar-refractivity contribution is -0.118. The van der Waals surface area contributed by atoms with Gasteiger partial charge in [0.2, 0.25) is 11.9 Å². The summed E-state index contributed by atoms with van der Waals surface area (Å²) in [5.74, 6) is -0.334. The van der Waals surface area contributed by atoms with Gasteiger partial charge in [-0.2, -0.15) is 4.98 Å². The molecule has 0 spiro atoms. The number of imidazole rings is 1. The summed E-state index contributed by atoms with van der Waals surface area (Å²) in [5.41, 5.74) is 5.82. The number of hydrogen-bond acceptors (Lipinski definition) is 6. The first-order chi connectivity index (χ1) is 11.0.